The van der Waals surface area contributed by atoms with Gasteiger partial charge in [0.15, 0.2) is 23.3 Å². The molecule has 0 saturated carbocycles. The van der Waals surface area contributed by atoms with Crippen LogP contribution in [0.5, 0.6) is 0 Å². The molecule has 36 heavy (non-hydrogen) atoms. The third-order valence-corrected chi connectivity index (χ3v) is 5.62. The second-order valence-electron chi connectivity index (χ2n) is 7.59. The van der Waals surface area contributed by atoms with Crippen molar-refractivity contribution >= 4 is 21.5 Å². The zero-order valence-electron chi connectivity index (χ0n) is 17.3. The third kappa shape index (κ3) is 2.99. The summed E-state index contributed by atoms with van der Waals surface area (Å²) in [7, 11) is 0.536. The molecular formula is C20H6F10N2O4. The maximum absolute atomic E-state index is 14.5. The van der Waals surface area contributed by atoms with Crippen molar-refractivity contribution in [2.75, 3.05) is 0 Å². The average molecular weight is 528 g/mol. The molecule has 0 atom stereocenters. The number of rotatable bonds is 1. The lowest BCUT2D eigenvalue weighted by atomic mass is 9.96. The molecule has 2 aromatic heterocycles. The molecule has 0 saturated heterocycles. The standard InChI is InChI=1S/C20H6F10N2O4/c1-3-10(21)12(23)14(13(24)11(3)22)32-17(35)6-7(18(32)36)9(20(28,29)30)5-4(8(6)19(25,26)27)15(33)31(2)16(5)34/h1-2H3. The average Bonchev–Trinajstić information content (AvgIpc) is 3.14. The van der Waals surface area contributed by atoms with Crippen molar-refractivity contribution in [2.24, 2.45) is 7.05 Å². The molecule has 0 aliphatic carbocycles. The predicted molar refractivity (Wildman–Crippen MR) is 102 cm³/mol. The summed E-state index contributed by atoms with van der Waals surface area (Å²) < 4.78 is 140. The Kier molecular flexibility index (Phi) is 5.07. The van der Waals surface area contributed by atoms with E-state index in [0.717, 1.165) is 0 Å². The van der Waals surface area contributed by atoms with Gasteiger partial charge >= 0.3 is 12.4 Å². The summed E-state index contributed by atoms with van der Waals surface area (Å²) in [4.78, 5) is 50.4. The minimum absolute atomic E-state index is 0.124. The fourth-order valence-electron chi connectivity index (χ4n) is 4.05. The lowest BCUT2D eigenvalue weighted by molar-refractivity contribution is -0.137. The van der Waals surface area contributed by atoms with E-state index in [0.29, 0.717) is 14.0 Å². The maximum atomic E-state index is 14.5. The van der Waals surface area contributed by atoms with E-state index in [9.17, 15) is 63.1 Å². The molecule has 190 valence electrons. The van der Waals surface area contributed by atoms with Gasteiger partial charge in [0.25, 0.3) is 22.2 Å². The Balaban J connectivity index is 2.50. The molecule has 0 fully saturated rings. The number of aromatic nitrogens is 2. The van der Waals surface area contributed by atoms with Gasteiger partial charge in [0.05, 0.1) is 32.7 Å². The van der Waals surface area contributed by atoms with Gasteiger partial charge in [0, 0.05) is 12.6 Å². The molecule has 0 N–H and O–H groups in total. The minimum Gasteiger partial charge on any atom is -0.277 e. The van der Waals surface area contributed by atoms with E-state index in [-0.39, 0.29) is 4.57 Å². The SMILES string of the molecule is Cc1c(F)c(F)c(-n2c(=O)c3c(C(F)(F)F)c4c(=O)n(C)c(=O)c4c(C(F)(F)F)c3c2=O)c(F)c1F. The lowest BCUT2D eigenvalue weighted by Crippen LogP contribution is -2.28. The van der Waals surface area contributed by atoms with Crippen LogP contribution in [0.15, 0.2) is 19.2 Å². The molecule has 0 unspecified atom stereocenters. The van der Waals surface area contributed by atoms with Gasteiger partial charge in [0.2, 0.25) is 0 Å². The molecule has 4 rings (SSSR count). The largest absolute Gasteiger partial charge is 0.418 e. The molecule has 2 aromatic carbocycles. The quantitative estimate of drug-likeness (QED) is 0.281. The van der Waals surface area contributed by atoms with Crippen molar-refractivity contribution in [1.29, 1.82) is 0 Å². The fraction of sp³-hybridized carbons (Fsp3) is 0.200. The number of hydrogen-bond acceptors (Lipinski definition) is 4. The first-order valence-electron chi connectivity index (χ1n) is 9.27. The highest BCUT2D eigenvalue weighted by atomic mass is 19.4. The van der Waals surface area contributed by atoms with Crippen molar-refractivity contribution in [3.63, 3.8) is 0 Å². The monoisotopic (exact) mass is 528 g/mol. The van der Waals surface area contributed by atoms with Gasteiger partial charge in [-0.1, -0.05) is 0 Å². The Morgan fingerprint density at radius 1 is 0.556 bits per heavy atom. The maximum Gasteiger partial charge on any atom is 0.418 e. The van der Waals surface area contributed by atoms with Gasteiger partial charge in [-0.15, -0.1) is 0 Å². The number of nitrogens with zero attached hydrogens (tertiary/aromatic N) is 2. The van der Waals surface area contributed by atoms with Crippen LogP contribution in [0, 0.1) is 30.2 Å². The Morgan fingerprint density at radius 3 is 1.17 bits per heavy atom. The Bertz CT molecular complexity index is 1730. The van der Waals surface area contributed by atoms with Crippen LogP contribution in [-0.4, -0.2) is 9.13 Å². The second kappa shape index (κ2) is 7.27. The van der Waals surface area contributed by atoms with Crippen LogP contribution in [-0.2, 0) is 19.4 Å². The van der Waals surface area contributed by atoms with E-state index < -0.39 is 106 Å². The molecule has 16 heteroatoms. The van der Waals surface area contributed by atoms with Gasteiger partial charge in [-0.3, -0.25) is 23.7 Å². The van der Waals surface area contributed by atoms with E-state index >= 15 is 0 Å². The summed E-state index contributed by atoms with van der Waals surface area (Å²) in [6.45, 7) is 0.519. The molecule has 4 aromatic rings. The molecule has 0 spiro atoms. The summed E-state index contributed by atoms with van der Waals surface area (Å²) in [6.07, 6.45) is -11.7. The van der Waals surface area contributed by atoms with Crippen LogP contribution < -0.4 is 22.2 Å². The number of fused-ring (bicyclic) bond motifs is 2. The molecular weight excluding hydrogens is 522 g/mol. The second-order valence-corrected chi connectivity index (χ2v) is 7.59. The summed E-state index contributed by atoms with van der Waals surface area (Å²) >= 11 is 0. The van der Waals surface area contributed by atoms with Crippen molar-refractivity contribution in [1.82, 2.24) is 9.13 Å². The number of halogens is 10. The first-order chi connectivity index (χ1) is 16.4. The number of benzene rings is 2. The Hall–Kier alpha value is -3.98. The van der Waals surface area contributed by atoms with E-state index in [1.54, 1.807) is 0 Å². The number of hydrogen-bond donors (Lipinski definition) is 0. The van der Waals surface area contributed by atoms with Crippen molar-refractivity contribution in [3.8, 4) is 5.69 Å². The predicted octanol–water partition coefficient (Wildman–Crippen LogP) is 3.34. The Morgan fingerprint density at radius 2 is 0.861 bits per heavy atom. The smallest absolute Gasteiger partial charge is 0.277 e. The highest BCUT2D eigenvalue weighted by molar-refractivity contribution is 6.06. The first kappa shape index (κ1) is 25.1. The highest BCUT2D eigenvalue weighted by Gasteiger charge is 2.47. The van der Waals surface area contributed by atoms with Gasteiger partial charge < -0.3 is 0 Å². The summed E-state index contributed by atoms with van der Waals surface area (Å²) in [6, 6.07) is 0. The van der Waals surface area contributed by atoms with Crippen LogP contribution in [0.25, 0.3) is 27.2 Å². The summed E-state index contributed by atoms with van der Waals surface area (Å²) in [5.74, 6) is -9.33. The molecule has 0 bridgehead atoms. The van der Waals surface area contributed by atoms with Crippen LogP contribution in [0.3, 0.4) is 0 Å². The third-order valence-electron chi connectivity index (χ3n) is 5.62. The topological polar surface area (TPSA) is 78.1 Å². The highest BCUT2D eigenvalue weighted by Crippen LogP contribution is 2.44. The van der Waals surface area contributed by atoms with Gasteiger partial charge in [-0.2, -0.15) is 26.3 Å². The van der Waals surface area contributed by atoms with E-state index in [2.05, 4.69) is 0 Å². The first-order valence-corrected chi connectivity index (χ1v) is 9.27. The zero-order chi connectivity index (χ0) is 27.4. The summed E-state index contributed by atoms with van der Waals surface area (Å²) in [5.41, 5.74) is -17.2. The number of alkyl halides is 6. The normalized spacial score (nSPS) is 12.9. The van der Waals surface area contributed by atoms with E-state index in [1.165, 1.54) is 0 Å². The molecule has 0 aliphatic rings. The van der Waals surface area contributed by atoms with Crippen LogP contribution in [0.2, 0.25) is 0 Å². The fourth-order valence-corrected chi connectivity index (χ4v) is 4.05. The van der Waals surface area contributed by atoms with Gasteiger partial charge in [0.1, 0.15) is 5.69 Å². The summed E-state index contributed by atoms with van der Waals surface area (Å²) in [5, 5.41) is -8.19. The van der Waals surface area contributed by atoms with Crippen LogP contribution in [0.1, 0.15) is 16.7 Å². The van der Waals surface area contributed by atoms with Crippen LogP contribution in [0.4, 0.5) is 43.9 Å². The molecule has 0 aliphatic heterocycles. The van der Waals surface area contributed by atoms with Gasteiger partial charge in [-0.25, -0.2) is 22.1 Å². The molecule has 0 radical (unpaired) electrons. The molecule has 2 heterocycles. The minimum atomic E-state index is -5.87. The van der Waals surface area contributed by atoms with Gasteiger partial charge in [-0.05, 0) is 6.92 Å². The van der Waals surface area contributed by atoms with E-state index in [1.807, 2.05) is 0 Å². The van der Waals surface area contributed by atoms with E-state index in [4.69, 9.17) is 0 Å². The zero-order valence-corrected chi connectivity index (χ0v) is 17.3. The van der Waals surface area contributed by atoms with Crippen molar-refractivity contribution < 1.29 is 43.9 Å². The van der Waals surface area contributed by atoms with Crippen molar-refractivity contribution in [3.05, 3.63) is 81.4 Å². The lowest BCUT2D eigenvalue weighted by Gasteiger charge is -2.13. The van der Waals surface area contributed by atoms with Crippen LogP contribution >= 0.6 is 0 Å². The van der Waals surface area contributed by atoms with Crippen molar-refractivity contribution in [2.45, 2.75) is 19.3 Å². The molecule has 6 nitrogen and oxygen atoms in total. The molecule has 0 amide bonds. The Labute approximate surface area is 188 Å².